The Morgan fingerprint density at radius 1 is 1.10 bits per heavy atom. The quantitative estimate of drug-likeness (QED) is 0.737. The minimum atomic E-state index is -3.41. The number of hydrogen-bond acceptors (Lipinski definition) is 3. The van der Waals surface area contributed by atoms with Crippen LogP contribution in [0.5, 0.6) is 0 Å². The molecule has 0 aliphatic carbocycles. The van der Waals surface area contributed by atoms with Gasteiger partial charge in [0.15, 0.2) is 0 Å². The van der Waals surface area contributed by atoms with Crippen molar-refractivity contribution >= 4 is 10.0 Å². The Bertz CT molecular complexity index is 527. The molecular weight excluding hydrogens is 284 g/mol. The highest BCUT2D eigenvalue weighted by atomic mass is 32.2. The fraction of sp³-hybridized carbons (Fsp3) is 0.625. The van der Waals surface area contributed by atoms with Gasteiger partial charge in [-0.05, 0) is 36.9 Å². The van der Waals surface area contributed by atoms with Gasteiger partial charge >= 0.3 is 0 Å². The van der Waals surface area contributed by atoms with Crippen molar-refractivity contribution in [2.45, 2.75) is 51.5 Å². The van der Waals surface area contributed by atoms with Gasteiger partial charge < -0.3 is 5.32 Å². The van der Waals surface area contributed by atoms with Gasteiger partial charge in [-0.15, -0.1) is 0 Å². The average Bonchev–Trinajstić information content (AvgIpc) is 2.38. The van der Waals surface area contributed by atoms with Crippen LogP contribution in [-0.2, 0) is 16.4 Å². The molecule has 0 fully saturated rings. The first-order valence-electron chi connectivity index (χ1n) is 7.71. The van der Waals surface area contributed by atoms with Gasteiger partial charge in [0.25, 0.3) is 0 Å². The van der Waals surface area contributed by atoms with Gasteiger partial charge in [-0.1, -0.05) is 45.9 Å². The summed E-state index contributed by atoms with van der Waals surface area (Å²) in [6.45, 7) is 9.53. The van der Waals surface area contributed by atoms with Crippen LogP contribution in [0.25, 0.3) is 0 Å². The van der Waals surface area contributed by atoms with E-state index in [1.807, 2.05) is 12.1 Å². The summed E-state index contributed by atoms with van der Waals surface area (Å²) >= 11 is 0. The summed E-state index contributed by atoms with van der Waals surface area (Å²) < 4.78 is 27.1. The number of benzene rings is 1. The van der Waals surface area contributed by atoms with E-state index >= 15 is 0 Å². The van der Waals surface area contributed by atoms with Crippen molar-refractivity contribution in [3.8, 4) is 0 Å². The molecule has 0 saturated heterocycles. The fourth-order valence-corrected chi connectivity index (χ4v) is 3.85. The zero-order chi connectivity index (χ0) is 15.9. The molecule has 1 unspecified atom stereocenters. The lowest BCUT2D eigenvalue weighted by atomic mass is 9.97. The first-order valence-corrected chi connectivity index (χ1v) is 9.20. The van der Waals surface area contributed by atoms with Gasteiger partial charge in [0.1, 0.15) is 0 Å². The van der Waals surface area contributed by atoms with Crippen LogP contribution < -0.4 is 10.0 Å². The van der Waals surface area contributed by atoms with Crippen molar-refractivity contribution in [1.29, 1.82) is 0 Å². The van der Waals surface area contributed by atoms with E-state index in [0.717, 1.165) is 24.9 Å². The molecule has 0 aromatic heterocycles. The standard InChI is InChI=1S/C16H28N2O2S/c1-5-17-15(11-13(3)4)12-14-9-7-8-10-16(14)21(19,20)18-6-2/h7-10,13,15,17-18H,5-6,11-12H2,1-4H3. The van der Waals surface area contributed by atoms with E-state index < -0.39 is 10.0 Å². The molecule has 1 aromatic rings. The summed E-state index contributed by atoms with van der Waals surface area (Å²) in [5.41, 5.74) is 0.880. The molecule has 0 amide bonds. The second kappa shape index (κ2) is 8.51. The highest BCUT2D eigenvalue weighted by Gasteiger charge is 2.19. The smallest absolute Gasteiger partial charge is 0.240 e. The van der Waals surface area contributed by atoms with Crippen LogP contribution >= 0.6 is 0 Å². The maximum atomic E-state index is 12.3. The van der Waals surface area contributed by atoms with Crippen molar-refractivity contribution in [2.24, 2.45) is 5.92 Å². The normalized spacial score (nSPS) is 13.6. The van der Waals surface area contributed by atoms with Crippen LogP contribution in [-0.4, -0.2) is 27.5 Å². The molecule has 2 N–H and O–H groups in total. The van der Waals surface area contributed by atoms with Gasteiger partial charge in [0.05, 0.1) is 4.90 Å². The van der Waals surface area contributed by atoms with Crippen molar-refractivity contribution in [2.75, 3.05) is 13.1 Å². The van der Waals surface area contributed by atoms with Crippen LogP contribution in [0, 0.1) is 5.92 Å². The third-order valence-electron chi connectivity index (χ3n) is 3.31. The van der Waals surface area contributed by atoms with E-state index in [1.165, 1.54) is 0 Å². The molecule has 0 bridgehead atoms. The van der Waals surface area contributed by atoms with E-state index in [4.69, 9.17) is 0 Å². The number of sulfonamides is 1. The summed E-state index contributed by atoms with van der Waals surface area (Å²) in [5.74, 6) is 0.576. The van der Waals surface area contributed by atoms with E-state index in [0.29, 0.717) is 23.4 Å². The Labute approximate surface area is 129 Å². The number of likely N-dealkylation sites (N-methyl/N-ethyl adjacent to an activating group) is 1. The molecule has 1 rings (SSSR count). The monoisotopic (exact) mass is 312 g/mol. The Kier molecular flexibility index (Phi) is 7.35. The first-order chi connectivity index (χ1) is 9.90. The van der Waals surface area contributed by atoms with E-state index in [2.05, 4.69) is 30.8 Å². The topological polar surface area (TPSA) is 58.2 Å². The fourth-order valence-electron chi connectivity index (χ4n) is 2.56. The summed E-state index contributed by atoms with van der Waals surface area (Å²) in [6, 6.07) is 7.57. The van der Waals surface area contributed by atoms with Crippen LogP contribution in [0.3, 0.4) is 0 Å². The molecule has 0 radical (unpaired) electrons. The lowest BCUT2D eigenvalue weighted by molar-refractivity contribution is 0.422. The van der Waals surface area contributed by atoms with E-state index in [1.54, 1.807) is 19.1 Å². The van der Waals surface area contributed by atoms with Gasteiger partial charge in [-0.3, -0.25) is 0 Å². The molecule has 0 aliphatic heterocycles. The van der Waals surface area contributed by atoms with E-state index in [-0.39, 0.29) is 0 Å². The van der Waals surface area contributed by atoms with Crippen molar-refractivity contribution in [3.63, 3.8) is 0 Å². The van der Waals surface area contributed by atoms with Gasteiger partial charge in [0, 0.05) is 12.6 Å². The summed E-state index contributed by atoms with van der Waals surface area (Å²) in [7, 11) is -3.41. The summed E-state index contributed by atoms with van der Waals surface area (Å²) in [5, 5.41) is 3.46. The minimum Gasteiger partial charge on any atom is -0.314 e. The molecule has 0 heterocycles. The molecule has 0 spiro atoms. The Hall–Kier alpha value is -0.910. The second-order valence-corrected chi connectivity index (χ2v) is 7.43. The highest BCUT2D eigenvalue weighted by Crippen LogP contribution is 2.19. The molecular formula is C16H28N2O2S. The predicted molar refractivity (Wildman–Crippen MR) is 87.9 cm³/mol. The molecule has 1 atom stereocenters. The minimum absolute atomic E-state index is 0.299. The molecule has 21 heavy (non-hydrogen) atoms. The molecule has 0 aliphatic rings. The van der Waals surface area contributed by atoms with Crippen LogP contribution in [0.2, 0.25) is 0 Å². The zero-order valence-electron chi connectivity index (χ0n) is 13.5. The number of hydrogen-bond donors (Lipinski definition) is 2. The molecule has 1 aromatic carbocycles. The lowest BCUT2D eigenvalue weighted by Gasteiger charge is -2.21. The van der Waals surface area contributed by atoms with Crippen molar-refractivity contribution in [1.82, 2.24) is 10.0 Å². The lowest BCUT2D eigenvalue weighted by Crippen LogP contribution is -2.33. The van der Waals surface area contributed by atoms with Gasteiger partial charge in [-0.25, -0.2) is 13.1 Å². The van der Waals surface area contributed by atoms with E-state index in [9.17, 15) is 8.42 Å². The zero-order valence-corrected chi connectivity index (χ0v) is 14.3. The van der Waals surface area contributed by atoms with Crippen LogP contribution in [0.4, 0.5) is 0 Å². The largest absolute Gasteiger partial charge is 0.314 e. The van der Waals surface area contributed by atoms with Gasteiger partial charge in [0.2, 0.25) is 10.0 Å². The highest BCUT2D eigenvalue weighted by molar-refractivity contribution is 7.89. The average molecular weight is 312 g/mol. The first kappa shape index (κ1) is 18.1. The Morgan fingerprint density at radius 2 is 1.76 bits per heavy atom. The van der Waals surface area contributed by atoms with Crippen molar-refractivity contribution in [3.05, 3.63) is 29.8 Å². The molecule has 0 saturated carbocycles. The van der Waals surface area contributed by atoms with Crippen LogP contribution in [0.15, 0.2) is 29.2 Å². The second-order valence-electron chi connectivity index (χ2n) is 5.70. The van der Waals surface area contributed by atoms with Crippen LogP contribution in [0.1, 0.15) is 39.7 Å². The van der Waals surface area contributed by atoms with Gasteiger partial charge in [-0.2, -0.15) is 0 Å². The Morgan fingerprint density at radius 3 is 2.33 bits per heavy atom. The third-order valence-corrected chi connectivity index (χ3v) is 4.96. The third kappa shape index (κ3) is 5.77. The van der Waals surface area contributed by atoms with Crippen molar-refractivity contribution < 1.29 is 8.42 Å². The maximum Gasteiger partial charge on any atom is 0.240 e. The number of nitrogens with one attached hydrogen (secondary N) is 2. The molecule has 5 heteroatoms. The maximum absolute atomic E-state index is 12.3. The SMILES string of the molecule is CCNC(Cc1ccccc1S(=O)(=O)NCC)CC(C)C. The molecule has 4 nitrogen and oxygen atoms in total. The number of rotatable bonds is 9. The summed E-state index contributed by atoms with van der Waals surface area (Å²) in [4.78, 5) is 0.401. The molecule has 120 valence electrons. The predicted octanol–water partition coefficient (Wildman–Crippen LogP) is 2.55. The summed E-state index contributed by atoms with van der Waals surface area (Å²) in [6.07, 6.45) is 1.76. The Balaban J connectivity index is 3.02.